The topological polar surface area (TPSA) is 77.2 Å². The maximum absolute atomic E-state index is 5.77. The molecule has 0 unspecified atom stereocenters. The van der Waals surface area contributed by atoms with Gasteiger partial charge in [-0.15, -0.1) is 0 Å². The van der Waals surface area contributed by atoms with Crippen LogP contribution in [0.3, 0.4) is 0 Å². The van der Waals surface area contributed by atoms with Gasteiger partial charge in [0.15, 0.2) is 5.16 Å². The Bertz CT molecular complexity index is 398. The third-order valence-electron chi connectivity index (χ3n) is 2.98. The normalized spacial score (nSPS) is 15.7. The van der Waals surface area contributed by atoms with Crippen LogP contribution in [0.5, 0.6) is 0 Å². The standard InChI is InChI=1S/C12H21N5OS/c1-18-8-5-9-19-12-15-10(13)14-11(16-12)17-6-3-2-4-7-17/h2-9H2,1H3,(H2,13,14,15,16). The van der Waals surface area contributed by atoms with Crippen LogP contribution in [0.4, 0.5) is 11.9 Å². The zero-order valence-corrected chi connectivity index (χ0v) is 12.2. The van der Waals surface area contributed by atoms with E-state index >= 15 is 0 Å². The van der Waals surface area contributed by atoms with Gasteiger partial charge in [0.1, 0.15) is 0 Å². The van der Waals surface area contributed by atoms with Crippen molar-refractivity contribution in [1.82, 2.24) is 15.0 Å². The number of nitrogen functional groups attached to an aromatic ring is 1. The Kier molecular flexibility index (Phi) is 5.65. The summed E-state index contributed by atoms with van der Waals surface area (Å²) < 4.78 is 5.02. The third-order valence-corrected chi connectivity index (χ3v) is 3.92. The molecule has 19 heavy (non-hydrogen) atoms. The number of nitrogens with two attached hydrogens (primary N) is 1. The van der Waals surface area contributed by atoms with Crippen molar-refractivity contribution in [2.45, 2.75) is 30.8 Å². The number of piperidine rings is 1. The molecule has 0 saturated carbocycles. The van der Waals surface area contributed by atoms with E-state index in [4.69, 9.17) is 10.5 Å². The molecule has 1 aromatic rings. The lowest BCUT2D eigenvalue weighted by Crippen LogP contribution is -2.31. The van der Waals surface area contributed by atoms with Crippen LogP contribution in [0, 0.1) is 0 Å². The van der Waals surface area contributed by atoms with Crippen molar-refractivity contribution in [1.29, 1.82) is 0 Å². The van der Waals surface area contributed by atoms with Crippen LogP contribution in [0.1, 0.15) is 25.7 Å². The number of hydrogen-bond acceptors (Lipinski definition) is 7. The number of thioether (sulfide) groups is 1. The number of anilines is 2. The molecular weight excluding hydrogens is 262 g/mol. The van der Waals surface area contributed by atoms with Crippen LogP contribution in [0.25, 0.3) is 0 Å². The van der Waals surface area contributed by atoms with Crippen LogP contribution in [0.2, 0.25) is 0 Å². The predicted octanol–water partition coefficient (Wildman–Crippen LogP) is 1.57. The van der Waals surface area contributed by atoms with Crippen molar-refractivity contribution in [3.8, 4) is 0 Å². The molecule has 1 aliphatic rings. The molecule has 0 aromatic carbocycles. The average molecular weight is 283 g/mol. The van der Waals surface area contributed by atoms with Crippen molar-refractivity contribution in [3.05, 3.63) is 0 Å². The zero-order chi connectivity index (χ0) is 13.5. The van der Waals surface area contributed by atoms with Crippen LogP contribution >= 0.6 is 11.8 Å². The molecule has 7 heteroatoms. The van der Waals surface area contributed by atoms with Crippen molar-refractivity contribution in [2.75, 3.05) is 43.2 Å². The first-order chi connectivity index (χ1) is 9.29. The first-order valence-electron chi connectivity index (χ1n) is 6.68. The van der Waals surface area contributed by atoms with E-state index < -0.39 is 0 Å². The lowest BCUT2D eigenvalue weighted by Gasteiger charge is -2.26. The lowest BCUT2D eigenvalue weighted by molar-refractivity contribution is 0.200. The van der Waals surface area contributed by atoms with Crippen molar-refractivity contribution < 1.29 is 4.74 Å². The number of nitrogens with zero attached hydrogens (tertiary/aromatic N) is 4. The minimum absolute atomic E-state index is 0.310. The van der Waals surface area contributed by atoms with Gasteiger partial charge in [-0.25, -0.2) is 0 Å². The molecule has 1 fully saturated rings. The van der Waals surface area contributed by atoms with Crippen molar-refractivity contribution in [3.63, 3.8) is 0 Å². The third kappa shape index (κ3) is 4.50. The molecular formula is C12H21N5OS. The molecule has 2 rings (SSSR count). The summed E-state index contributed by atoms with van der Waals surface area (Å²) in [6.45, 7) is 2.78. The molecule has 0 spiro atoms. The Hall–Kier alpha value is -1.08. The maximum atomic E-state index is 5.77. The Balaban J connectivity index is 1.97. The van der Waals surface area contributed by atoms with Crippen LogP contribution in [0.15, 0.2) is 5.16 Å². The Morgan fingerprint density at radius 2 is 2.00 bits per heavy atom. The van der Waals surface area contributed by atoms with E-state index in [1.54, 1.807) is 18.9 Å². The van der Waals surface area contributed by atoms with Gasteiger partial charge >= 0.3 is 0 Å². The van der Waals surface area contributed by atoms with Gasteiger partial charge in [-0.05, 0) is 25.7 Å². The summed E-state index contributed by atoms with van der Waals surface area (Å²) in [7, 11) is 1.71. The minimum Gasteiger partial charge on any atom is -0.385 e. The molecule has 1 aromatic heterocycles. The first kappa shape index (κ1) is 14.3. The second-order valence-corrected chi connectivity index (χ2v) is 5.58. The molecule has 1 aliphatic heterocycles. The van der Waals surface area contributed by atoms with Crippen LogP contribution < -0.4 is 10.6 Å². The fourth-order valence-corrected chi connectivity index (χ4v) is 2.78. The molecule has 6 nitrogen and oxygen atoms in total. The highest BCUT2D eigenvalue weighted by molar-refractivity contribution is 7.99. The van der Waals surface area contributed by atoms with E-state index in [1.807, 2.05) is 0 Å². The minimum atomic E-state index is 0.310. The van der Waals surface area contributed by atoms with Gasteiger partial charge in [-0.2, -0.15) is 15.0 Å². The first-order valence-corrected chi connectivity index (χ1v) is 7.66. The molecule has 0 bridgehead atoms. The largest absolute Gasteiger partial charge is 0.385 e. The smallest absolute Gasteiger partial charge is 0.231 e. The summed E-state index contributed by atoms with van der Waals surface area (Å²) in [5.41, 5.74) is 5.77. The summed E-state index contributed by atoms with van der Waals surface area (Å²) in [6, 6.07) is 0. The van der Waals surface area contributed by atoms with Crippen LogP contribution in [-0.4, -0.2) is 47.5 Å². The van der Waals surface area contributed by atoms with Crippen molar-refractivity contribution >= 4 is 23.7 Å². The summed E-state index contributed by atoms with van der Waals surface area (Å²) in [6.07, 6.45) is 4.66. The van der Waals surface area contributed by atoms with Gasteiger partial charge in [0.2, 0.25) is 11.9 Å². The van der Waals surface area contributed by atoms with Gasteiger partial charge in [-0.1, -0.05) is 11.8 Å². The summed E-state index contributed by atoms with van der Waals surface area (Å²) in [5.74, 6) is 1.96. The van der Waals surface area contributed by atoms with Gasteiger partial charge in [-0.3, -0.25) is 0 Å². The number of ether oxygens (including phenoxy) is 1. The van der Waals surface area contributed by atoms with E-state index in [1.165, 1.54) is 19.3 Å². The number of methoxy groups -OCH3 is 1. The highest BCUT2D eigenvalue weighted by Gasteiger charge is 2.15. The number of aromatic nitrogens is 3. The second-order valence-electron chi connectivity index (χ2n) is 4.52. The molecule has 0 radical (unpaired) electrons. The fourth-order valence-electron chi connectivity index (χ4n) is 2.03. The molecule has 2 heterocycles. The molecule has 106 valence electrons. The van der Waals surface area contributed by atoms with E-state index in [2.05, 4.69) is 19.9 Å². The summed E-state index contributed by atoms with van der Waals surface area (Å²) in [5, 5.41) is 0.712. The van der Waals surface area contributed by atoms with Crippen LogP contribution in [-0.2, 0) is 4.74 Å². The molecule has 0 aliphatic carbocycles. The number of rotatable bonds is 6. The molecule has 0 atom stereocenters. The second kappa shape index (κ2) is 7.49. The Morgan fingerprint density at radius 3 is 2.74 bits per heavy atom. The Morgan fingerprint density at radius 1 is 1.21 bits per heavy atom. The summed E-state index contributed by atoms with van der Waals surface area (Å²) >= 11 is 1.60. The number of hydrogen-bond donors (Lipinski definition) is 1. The molecule has 0 amide bonds. The van der Waals surface area contributed by atoms with E-state index in [0.717, 1.165) is 37.8 Å². The predicted molar refractivity (Wildman–Crippen MR) is 77.5 cm³/mol. The van der Waals surface area contributed by atoms with Gasteiger partial charge in [0.05, 0.1) is 0 Å². The van der Waals surface area contributed by atoms with E-state index in [-0.39, 0.29) is 0 Å². The highest BCUT2D eigenvalue weighted by Crippen LogP contribution is 2.20. The van der Waals surface area contributed by atoms with Gasteiger partial charge < -0.3 is 15.4 Å². The lowest BCUT2D eigenvalue weighted by atomic mass is 10.1. The van der Waals surface area contributed by atoms with E-state index in [9.17, 15) is 0 Å². The average Bonchev–Trinajstić information content (AvgIpc) is 2.44. The molecule has 1 saturated heterocycles. The quantitative estimate of drug-likeness (QED) is 0.627. The van der Waals surface area contributed by atoms with Gasteiger partial charge in [0.25, 0.3) is 0 Å². The molecule has 2 N–H and O–H groups in total. The monoisotopic (exact) mass is 283 g/mol. The SMILES string of the molecule is COCCCSc1nc(N)nc(N2CCCCC2)n1. The van der Waals surface area contributed by atoms with Gasteiger partial charge in [0, 0.05) is 32.6 Å². The summed E-state index contributed by atoms with van der Waals surface area (Å²) in [4.78, 5) is 15.1. The zero-order valence-electron chi connectivity index (χ0n) is 11.3. The van der Waals surface area contributed by atoms with E-state index in [0.29, 0.717) is 11.1 Å². The Labute approximate surface area is 118 Å². The fraction of sp³-hybridized carbons (Fsp3) is 0.750. The van der Waals surface area contributed by atoms with Crippen molar-refractivity contribution in [2.24, 2.45) is 0 Å². The maximum Gasteiger partial charge on any atom is 0.231 e. The highest BCUT2D eigenvalue weighted by atomic mass is 32.2.